The Bertz CT molecular complexity index is 229. The lowest BCUT2D eigenvalue weighted by molar-refractivity contribution is 0.202. The Morgan fingerprint density at radius 1 is 1.73 bits per heavy atom. The lowest BCUT2D eigenvalue weighted by atomic mass is 10.4. The van der Waals surface area contributed by atoms with E-state index < -0.39 is 0 Å². The quantitative estimate of drug-likeness (QED) is 0.618. The van der Waals surface area contributed by atoms with Crippen LogP contribution in [-0.4, -0.2) is 16.4 Å². The van der Waals surface area contributed by atoms with Crippen LogP contribution in [0.2, 0.25) is 0 Å². The van der Waals surface area contributed by atoms with Crippen LogP contribution in [0.3, 0.4) is 0 Å². The molecular formula is C7H10N2O2. The Morgan fingerprint density at radius 3 is 2.91 bits per heavy atom. The minimum atomic E-state index is 0.0965. The highest BCUT2D eigenvalue weighted by atomic mass is 16.6. The third-order valence-corrected chi connectivity index (χ3v) is 1.02. The Labute approximate surface area is 64.8 Å². The molecule has 4 nitrogen and oxygen atoms in total. The fourth-order valence-electron chi connectivity index (χ4n) is 0.632. The van der Waals surface area contributed by atoms with Gasteiger partial charge < -0.3 is 4.74 Å². The highest BCUT2D eigenvalue weighted by Gasteiger charge is 2.05. The number of ether oxygens (including phenoxy) is 1. The smallest absolute Gasteiger partial charge is 0.169 e. The van der Waals surface area contributed by atoms with Gasteiger partial charge in [0.2, 0.25) is 0 Å². The summed E-state index contributed by atoms with van der Waals surface area (Å²) in [6.45, 7) is 7.48. The van der Waals surface area contributed by atoms with Crippen LogP contribution in [0.15, 0.2) is 17.4 Å². The second-order valence-corrected chi connectivity index (χ2v) is 2.38. The topological polar surface area (TPSA) is 48.2 Å². The molecule has 0 N–H and O–H groups in total. The zero-order valence-corrected chi connectivity index (χ0v) is 6.57. The molecule has 0 radical (unpaired) electrons. The van der Waals surface area contributed by atoms with E-state index in [1.165, 1.54) is 6.20 Å². The van der Waals surface area contributed by atoms with Gasteiger partial charge in [0.25, 0.3) is 0 Å². The third kappa shape index (κ3) is 2.07. The minimum Gasteiger partial charge on any atom is -0.489 e. The molecule has 0 atom stereocenters. The Morgan fingerprint density at radius 2 is 2.45 bits per heavy atom. The molecule has 1 aromatic rings. The fourth-order valence-corrected chi connectivity index (χ4v) is 0.632. The molecule has 0 spiro atoms. The first-order valence-corrected chi connectivity index (χ1v) is 3.33. The third-order valence-electron chi connectivity index (χ3n) is 1.02. The highest BCUT2D eigenvalue weighted by molar-refractivity contribution is 5.51. The summed E-state index contributed by atoms with van der Waals surface area (Å²) in [6.07, 6.45) is 1.56. The van der Waals surface area contributed by atoms with E-state index in [0.717, 1.165) is 0 Å². The molecule has 1 aromatic heterocycles. The van der Waals surface area contributed by atoms with Crippen molar-refractivity contribution in [2.24, 2.45) is 0 Å². The van der Waals surface area contributed by atoms with E-state index in [1.807, 2.05) is 13.8 Å². The summed E-state index contributed by atoms with van der Waals surface area (Å²) in [7, 11) is 0. The van der Waals surface area contributed by atoms with Crippen LogP contribution in [0.25, 0.3) is 5.76 Å². The molecule has 0 bridgehead atoms. The van der Waals surface area contributed by atoms with Gasteiger partial charge in [0.15, 0.2) is 5.69 Å². The van der Waals surface area contributed by atoms with Gasteiger partial charge in [-0.3, -0.25) is 0 Å². The molecule has 0 aliphatic heterocycles. The van der Waals surface area contributed by atoms with Gasteiger partial charge in [0, 0.05) is 0 Å². The molecular weight excluding hydrogens is 144 g/mol. The lowest BCUT2D eigenvalue weighted by Gasteiger charge is -2.08. The first-order chi connectivity index (χ1) is 5.20. The molecule has 0 aromatic carbocycles. The molecule has 0 unspecified atom stereocenters. The number of hydrogen-bond donors (Lipinski definition) is 0. The van der Waals surface area contributed by atoms with E-state index in [0.29, 0.717) is 11.5 Å². The second-order valence-electron chi connectivity index (χ2n) is 2.38. The molecule has 1 heterocycles. The van der Waals surface area contributed by atoms with Gasteiger partial charge in [0.05, 0.1) is 6.10 Å². The molecule has 4 heteroatoms. The molecule has 0 aliphatic carbocycles. The normalized spacial score (nSPS) is 10.1. The zero-order valence-electron chi connectivity index (χ0n) is 6.57. The van der Waals surface area contributed by atoms with Gasteiger partial charge in [0.1, 0.15) is 12.0 Å². The predicted molar refractivity (Wildman–Crippen MR) is 39.6 cm³/mol. The van der Waals surface area contributed by atoms with Crippen molar-refractivity contribution in [3.05, 3.63) is 18.5 Å². The summed E-state index contributed by atoms with van der Waals surface area (Å²) in [5.41, 5.74) is 0.540. The molecule has 11 heavy (non-hydrogen) atoms. The first kappa shape index (κ1) is 7.78. The van der Waals surface area contributed by atoms with Gasteiger partial charge >= 0.3 is 0 Å². The van der Waals surface area contributed by atoms with Crippen LogP contribution in [0.1, 0.15) is 19.5 Å². The van der Waals surface area contributed by atoms with Crippen molar-refractivity contribution in [1.29, 1.82) is 0 Å². The van der Waals surface area contributed by atoms with E-state index in [-0.39, 0.29) is 6.10 Å². The van der Waals surface area contributed by atoms with E-state index >= 15 is 0 Å². The van der Waals surface area contributed by atoms with Crippen LogP contribution < -0.4 is 0 Å². The van der Waals surface area contributed by atoms with E-state index in [4.69, 9.17) is 4.74 Å². The van der Waals surface area contributed by atoms with Crippen LogP contribution in [-0.2, 0) is 4.74 Å². The number of nitrogens with zero attached hydrogens (tertiary/aromatic N) is 2. The maximum Gasteiger partial charge on any atom is 0.169 e. The average molecular weight is 154 g/mol. The molecule has 1 rings (SSSR count). The van der Waals surface area contributed by atoms with Crippen molar-refractivity contribution >= 4 is 5.76 Å². The number of rotatable bonds is 3. The van der Waals surface area contributed by atoms with E-state index in [1.54, 1.807) is 0 Å². The Kier molecular flexibility index (Phi) is 2.25. The molecule has 0 saturated heterocycles. The maximum atomic E-state index is 5.24. The lowest BCUT2D eigenvalue weighted by Crippen LogP contribution is -2.00. The minimum absolute atomic E-state index is 0.0965. The summed E-state index contributed by atoms with van der Waals surface area (Å²) in [6, 6.07) is 0. The fraction of sp³-hybridized carbons (Fsp3) is 0.429. The van der Waals surface area contributed by atoms with Crippen molar-refractivity contribution < 1.29 is 9.37 Å². The van der Waals surface area contributed by atoms with Gasteiger partial charge in [-0.25, -0.2) is 4.63 Å². The second kappa shape index (κ2) is 3.18. The largest absolute Gasteiger partial charge is 0.489 e. The van der Waals surface area contributed by atoms with Crippen molar-refractivity contribution in [3.63, 3.8) is 0 Å². The van der Waals surface area contributed by atoms with E-state index in [2.05, 4.69) is 21.5 Å². The maximum absolute atomic E-state index is 5.24. The van der Waals surface area contributed by atoms with Crippen molar-refractivity contribution in [2.75, 3.05) is 0 Å². The SMILES string of the molecule is C=C(OC(C)C)c1cnon1. The number of hydrogen-bond acceptors (Lipinski definition) is 4. The predicted octanol–water partition coefficient (Wildman–Crippen LogP) is 1.47. The van der Waals surface area contributed by atoms with Crippen LogP contribution in [0.5, 0.6) is 0 Å². The Balaban J connectivity index is 2.57. The van der Waals surface area contributed by atoms with Crippen LogP contribution in [0, 0.1) is 0 Å². The zero-order chi connectivity index (χ0) is 8.27. The first-order valence-electron chi connectivity index (χ1n) is 3.33. The van der Waals surface area contributed by atoms with E-state index in [9.17, 15) is 0 Å². The molecule has 0 fully saturated rings. The summed E-state index contributed by atoms with van der Waals surface area (Å²) < 4.78 is 9.61. The monoisotopic (exact) mass is 154 g/mol. The average Bonchev–Trinajstić information content (AvgIpc) is 2.35. The van der Waals surface area contributed by atoms with Gasteiger partial charge in [-0.15, -0.1) is 0 Å². The summed E-state index contributed by atoms with van der Waals surface area (Å²) in [4.78, 5) is 0. The van der Waals surface area contributed by atoms with Crippen molar-refractivity contribution in [2.45, 2.75) is 20.0 Å². The Hall–Kier alpha value is -1.32. The van der Waals surface area contributed by atoms with Gasteiger partial charge in [-0.05, 0) is 19.0 Å². The van der Waals surface area contributed by atoms with Gasteiger partial charge in [-0.1, -0.05) is 11.7 Å². The van der Waals surface area contributed by atoms with Crippen molar-refractivity contribution in [3.8, 4) is 0 Å². The molecule has 0 saturated carbocycles. The number of aromatic nitrogens is 2. The molecule has 0 aliphatic rings. The molecule has 0 amide bonds. The van der Waals surface area contributed by atoms with Crippen LogP contribution in [0.4, 0.5) is 0 Å². The van der Waals surface area contributed by atoms with Crippen molar-refractivity contribution in [1.82, 2.24) is 10.3 Å². The van der Waals surface area contributed by atoms with Gasteiger partial charge in [-0.2, -0.15) is 0 Å². The van der Waals surface area contributed by atoms with Crippen LogP contribution >= 0.6 is 0 Å². The summed E-state index contributed by atoms with van der Waals surface area (Å²) >= 11 is 0. The molecule has 60 valence electrons. The highest BCUT2D eigenvalue weighted by Crippen LogP contribution is 2.11. The summed E-state index contributed by atoms with van der Waals surface area (Å²) in [5, 5.41) is 6.98. The standard InChI is InChI=1S/C7H10N2O2/c1-5(2)10-6(3)7-4-8-11-9-7/h4-5H,3H2,1-2H3. The summed E-state index contributed by atoms with van der Waals surface area (Å²) in [5.74, 6) is 0.487.